The minimum Gasteiger partial charge on any atom is -0.434 e. The standard InChI is InChI=1S/C18H16ClF2N3O.ClH/c19-15-7-5-12(6-8-15)17-14(11-23-24-17)10-22-9-13-3-1-2-4-16(13)25-18(20)21;/h1-8,11,18,22H,9-10H2,(H,23,24);1H. The van der Waals surface area contributed by atoms with Gasteiger partial charge in [-0.05, 0) is 23.8 Å². The smallest absolute Gasteiger partial charge is 0.387 e. The number of halogens is 4. The van der Waals surface area contributed by atoms with Crippen LogP contribution in [0.2, 0.25) is 5.02 Å². The van der Waals surface area contributed by atoms with Crippen LogP contribution in [0, 0.1) is 0 Å². The number of nitrogens with zero attached hydrogens (tertiary/aromatic N) is 1. The number of para-hydroxylation sites is 1. The van der Waals surface area contributed by atoms with E-state index in [2.05, 4.69) is 20.3 Å². The van der Waals surface area contributed by atoms with Gasteiger partial charge < -0.3 is 10.1 Å². The molecular weight excluding hydrogens is 383 g/mol. The van der Waals surface area contributed by atoms with Crippen molar-refractivity contribution in [3.63, 3.8) is 0 Å². The Balaban J connectivity index is 0.00000243. The van der Waals surface area contributed by atoms with Gasteiger partial charge in [-0.2, -0.15) is 13.9 Å². The number of aromatic amines is 1. The second-order valence-corrected chi connectivity index (χ2v) is 5.80. The first-order valence-corrected chi connectivity index (χ1v) is 8.03. The fourth-order valence-corrected chi connectivity index (χ4v) is 2.63. The largest absolute Gasteiger partial charge is 0.434 e. The molecule has 0 spiro atoms. The van der Waals surface area contributed by atoms with Crippen LogP contribution in [0.5, 0.6) is 5.75 Å². The third-order valence-corrected chi connectivity index (χ3v) is 3.92. The minimum absolute atomic E-state index is 0. The summed E-state index contributed by atoms with van der Waals surface area (Å²) in [7, 11) is 0. The zero-order valence-electron chi connectivity index (χ0n) is 13.6. The summed E-state index contributed by atoms with van der Waals surface area (Å²) in [6.07, 6.45) is 1.73. The fourth-order valence-electron chi connectivity index (χ4n) is 2.50. The molecule has 0 aliphatic carbocycles. The lowest BCUT2D eigenvalue weighted by atomic mass is 10.1. The van der Waals surface area contributed by atoms with Crippen LogP contribution < -0.4 is 10.1 Å². The molecule has 4 nitrogen and oxygen atoms in total. The molecule has 0 atom stereocenters. The molecule has 2 aromatic carbocycles. The van der Waals surface area contributed by atoms with Crippen molar-refractivity contribution in [3.8, 4) is 17.0 Å². The maximum Gasteiger partial charge on any atom is 0.387 e. The topological polar surface area (TPSA) is 49.9 Å². The Morgan fingerprint density at radius 3 is 2.46 bits per heavy atom. The molecule has 1 aromatic heterocycles. The molecule has 0 fully saturated rings. The predicted octanol–water partition coefficient (Wildman–Crippen LogP) is 5.04. The Hall–Kier alpha value is -2.15. The number of hydrogen-bond donors (Lipinski definition) is 2. The van der Waals surface area contributed by atoms with Crippen molar-refractivity contribution in [2.45, 2.75) is 19.7 Å². The van der Waals surface area contributed by atoms with Crippen molar-refractivity contribution < 1.29 is 13.5 Å². The average Bonchev–Trinajstić information content (AvgIpc) is 3.05. The van der Waals surface area contributed by atoms with Gasteiger partial charge in [0, 0.05) is 29.2 Å². The van der Waals surface area contributed by atoms with Crippen molar-refractivity contribution in [3.05, 3.63) is 70.9 Å². The monoisotopic (exact) mass is 399 g/mol. The van der Waals surface area contributed by atoms with Crippen molar-refractivity contribution >= 4 is 24.0 Å². The van der Waals surface area contributed by atoms with E-state index in [1.54, 1.807) is 24.4 Å². The van der Waals surface area contributed by atoms with Crippen LogP contribution in [-0.2, 0) is 13.1 Å². The van der Waals surface area contributed by atoms with Crippen LogP contribution in [0.15, 0.2) is 54.7 Å². The summed E-state index contributed by atoms with van der Waals surface area (Å²) in [6, 6.07) is 14.2. The first kappa shape index (κ1) is 20.2. The van der Waals surface area contributed by atoms with Crippen molar-refractivity contribution in [2.24, 2.45) is 0 Å². The Morgan fingerprint density at radius 1 is 1.04 bits per heavy atom. The number of rotatable bonds is 7. The van der Waals surface area contributed by atoms with E-state index < -0.39 is 6.61 Å². The minimum atomic E-state index is -2.84. The lowest BCUT2D eigenvalue weighted by molar-refractivity contribution is -0.0505. The van der Waals surface area contributed by atoms with Crippen LogP contribution in [0.4, 0.5) is 8.78 Å². The van der Waals surface area contributed by atoms with Crippen molar-refractivity contribution in [1.29, 1.82) is 0 Å². The third-order valence-electron chi connectivity index (χ3n) is 3.67. The first-order valence-electron chi connectivity index (χ1n) is 7.65. The molecule has 0 aliphatic heterocycles. The summed E-state index contributed by atoms with van der Waals surface area (Å²) in [4.78, 5) is 0. The number of nitrogens with one attached hydrogen (secondary N) is 2. The summed E-state index contributed by atoms with van der Waals surface area (Å²) in [5, 5.41) is 10.9. The maximum atomic E-state index is 12.5. The predicted molar refractivity (Wildman–Crippen MR) is 99.9 cm³/mol. The molecule has 0 aliphatic rings. The van der Waals surface area contributed by atoms with Gasteiger partial charge in [-0.1, -0.05) is 41.9 Å². The number of alkyl halides is 2. The summed E-state index contributed by atoms with van der Waals surface area (Å²) < 4.78 is 29.4. The zero-order valence-corrected chi connectivity index (χ0v) is 15.2. The summed E-state index contributed by atoms with van der Waals surface area (Å²) in [5.74, 6) is 0.176. The lowest BCUT2D eigenvalue weighted by Gasteiger charge is -2.11. The van der Waals surface area contributed by atoms with Crippen molar-refractivity contribution in [2.75, 3.05) is 0 Å². The summed E-state index contributed by atoms with van der Waals surface area (Å²) in [6.45, 7) is -1.92. The summed E-state index contributed by atoms with van der Waals surface area (Å²) in [5.41, 5.74) is 3.50. The SMILES string of the molecule is Cl.FC(F)Oc1ccccc1CNCc1cn[nH]c1-c1ccc(Cl)cc1. The molecule has 2 N–H and O–H groups in total. The Kier molecular flexibility index (Phi) is 7.38. The molecule has 1 heterocycles. The van der Waals surface area contributed by atoms with Crippen LogP contribution >= 0.6 is 24.0 Å². The molecule has 0 bridgehead atoms. The van der Waals surface area contributed by atoms with Crippen LogP contribution in [0.25, 0.3) is 11.3 Å². The summed E-state index contributed by atoms with van der Waals surface area (Å²) >= 11 is 5.91. The third kappa shape index (κ3) is 5.17. The molecule has 0 amide bonds. The van der Waals surface area contributed by atoms with E-state index in [0.717, 1.165) is 16.8 Å². The highest BCUT2D eigenvalue weighted by Crippen LogP contribution is 2.24. The van der Waals surface area contributed by atoms with Crippen LogP contribution in [-0.4, -0.2) is 16.8 Å². The van der Waals surface area contributed by atoms with Gasteiger partial charge in [0.05, 0.1) is 11.9 Å². The van der Waals surface area contributed by atoms with Gasteiger partial charge in [-0.15, -0.1) is 12.4 Å². The van der Waals surface area contributed by atoms with E-state index >= 15 is 0 Å². The quantitative estimate of drug-likeness (QED) is 0.584. The first-order chi connectivity index (χ1) is 12.1. The molecule has 0 saturated carbocycles. The molecule has 3 rings (SSSR count). The molecule has 3 aromatic rings. The second kappa shape index (κ2) is 9.52. The highest BCUT2D eigenvalue weighted by atomic mass is 35.5. The Bertz CT molecular complexity index is 825. The van der Waals surface area contributed by atoms with Gasteiger partial charge >= 0.3 is 6.61 Å². The van der Waals surface area contributed by atoms with Gasteiger partial charge in [0.1, 0.15) is 5.75 Å². The van der Waals surface area contributed by atoms with E-state index in [1.807, 2.05) is 24.3 Å². The molecule has 8 heteroatoms. The van der Waals surface area contributed by atoms with Crippen LogP contribution in [0.3, 0.4) is 0 Å². The van der Waals surface area contributed by atoms with Crippen molar-refractivity contribution in [1.82, 2.24) is 15.5 Å². The molecule has 26 heavy (non-hydrogen) atoms. The van der Waals surface area contributed by atoms with Gasteiger partial charge in [-0.25, -0.2) is 0 Å². The van der Waals surface area contributed by atoms with Gasteiger partial charge in [0.15, 0.2) is 0 Å². The fraction of sp³-hybridized carbons (Fsp3) is 0.167. The van der Waals surface area contributed by atoms with E-state index in [9.17, 15) is 8.78 Å². The van der Waals surface area contributed by atoms with E-state index in [-0.39, 0.29) is 18.2 Å². The van der Waals surface area contributed by atoms with Crippen LogP contribution in [0.1, 0.15) is 11.1 Å². The number of ether oxygens (including phenoxy) is 1. The van der Waals surface area contributed by atoms with Gasteiger partial charge in [0.2, 0.25) is 0 Å². The van der Waals surface area contributed by atoms with E-state index in [1.165, 1.54) is 6.07 Å². The zero-order chi connectivity index (χ0) is 17.6. The van der Waals surface area contributed by atoms with Gasteiger partial charge in [-0.3, -0.25) is 5.10 Å². The van der Waals surface area contributed by atoms with Gasteiger partial charge in [0.25, 0.3) is 0 Å². The van der Waals surface area contributed by atoms with E-state index in [0.29, 0.717) is 23.7 Å². The Morgan fingerprint density at radius 2 is 1.73 bits per heavy atom. The molecule has 0 unspecified atom stereocenters. The number of H-pyrrole nitrogens is 1. The maximum absolute atomic E-state index is 12.5. The molecule has 138 valence electrons. The lowest BCUT2D eigenvalue weighted by Crippen LogP contribution is -2.14. The number of hydrogen-bond acceptors (Lipinski definition) is 3. The molecular formula is C18H17Cl2F2N3O. The molecule has 0 radical (unpaired) electrons. The normalized spacial score (nSPS) is 10.6. The number of benzene rings is 2. The highest BCUT2D eigenvalue weighted by molar-refractivity contribution is 6.30. The molecule has 0 saturated heterocycles. The highest BCUT2D eigenvalue weighted by Gasteiger charge is 2.10. The number of aromatic nitrogens is 2. The second-order valence-electron chi connectivity index (χ2n) is 5.37. The Labute approximate surface area is 160 Å². The van der Waals surface area contributed by atoms with E-state index in [4.69, 9.17) is 11.6 Å². The average molecular weight is 400 g/mol.